The van der Waals surface area contributed by atoms with Crippen molar-refractivity contribution < 1.29 is 0 Å². The Morgan fingerprint density at radius 3 is 2.78 bits per heavy atom. The third-order valence-electron chi connectivity index (χ3n) is 1.13. The molecule has 1 aromatic rings. The van der Waals surface area contributed by atoms with E-state index in [0.29, 0.717) is 0 Å². The van der Waals surface area contributed by atoms with Crippen molar-refractivity contribution >= 4 is 0 Å². The van der Waals surface area contributed by atoms with E-state index in [1.807, 2.05) is 6.92 Å². The summed E-state index contributed by atoms with van der Waals surface area (Å²) in [5.41, 5.74) is 0. The number of hydrogen-bond acceptors (Lipinski definition) is 2. The van der Waals surface area contributed by atoms with Gasteiger partial charge in [0.15, 0.2) is 0 Å². The van der Waals surface area contributed by atoms with Crippen LogP contribution in [-0.4, -0.2) is 15.2 Å². The summed E-state index contributed by atoms with van der Waals surface area (Å²) in [4.78, 5) is 4.13. The lowest BCUT2D eigenvalue weighted by molar-refractivity contribution is 0.841. The van der Waals surface area contributed by atoms with E-state index in [-0.39, 0.29) is 0 Å². The Kier molecular flexibility index (Phi) is 1.82. The highest BCUT2D eigenvalue weighted by Gasteiger charge is 1.94. The molecule has 0 aliphatic heterocycles. The van der Waals surface area contributed by atoms with Gasteiger partial charge in [-0.3, -0.25) is 5.10 Å². The molecule has 9 heavy (non-hydrogen) atoms. The van der Waals surface area contributed by atoms with Crippen molar-refractivity contribution in [2.45, 2.75) is 26.7 Å². The van der Waals surface area contributed by atoms with Gasteiger partial charge in [-0.25, -0.2) is 4.98 Å². The normalized spacial score (nSPS) is 10.0. The van der Waals surface area contributed by atoms with Gasteiger partial charge in [0.1, 0.15) is 11.6 Å². The molecule has 0 spiro atoms. The smallest absolute Gasteiger partial charge is 0.147 e. The Balaban J connectivity index is 2.61. The van der Waals surface area contributed by atoms with Crippen LogP contribution in [0.25, 0.3) is 0 Å². The molecule has 0 atom stereocenters. The summed E-state index contributed by atoms with van der Waals surface area (Å²) >= 11 is 0. The van der Waals surface area contributed by atoms with Crippen LogP contribution in [0.4, 0.5) is 0 Å². The second kappa shape index (κ2) is 2.62. The summed E-state index contributed by atoms with van der Waals surface area (Å²) in [6.45, 7) is 4.01. The van der Waals surface area contributed by atoms with Crippen molar-refractivity contribution in [2.24, 2.45) is 0 Å². The summed E-state index contributed by atoms with van der Waals surface area (Å²) < 4.78 is 0. The highest BCUT2D eigenvalue weighted by molar-refractivity contribution is 4.86. The lowest BCUT2D eigenvalue weighted by Crippen LogP contribution is -1.84. The van der Waals surface area contributed by atoms with Crippen LogP contribution in [0.2, 0.25) is 0 Å². The Morgan fingerprint density at radius 2 is 2.33 bits per heavy atom. The van der Waals surface area contributed by atoms with Crippen molar-refractivity contribution in [2.75, 3.05) is 0 Å². The molecule has 50 valence electrons. The first kappa shape index (κ1) is 6.26. The lowest BCUT2D eigenvalue weighted by Gasteiger charge is -1.84. The van der Waals surface area contributed by atoms with Gasteiger partial charge in [-0.2, -0.15) is 5.10 Å². The first-order valence-electron chi connectivity index (χ1n) is 3.21. The van der Waals surface area contributed by atoms with Crippen LogP contribution >= 0.6 is 0 Å². The predicted molar refractivity (Wildman–Crippen MR) is 35.1 cm³/mol. The molecule has 3 heteroatoms. The fourth-order valence-electron chi connectivity index (χ4n) is 0.739. The molecule has 0 aliphatic rings. The molecule has 0 saturated carbocycles. The topological polar surface area (TPSA) is 41.6 Å². The van der Waals surface area contributed by atoms with E-state index >= 15 is 0 Å². The maximum Gasteiger partial charge on any atom is 0.147 e. The van der Waals surface area contributed by atoms with Crippen molar-refractivity contribution in [3.05, 3.63) is 11.6 Å². The molecule has 1 aromatic heterocycles. The molecule has 1 heterocycles. The van der Waals surface area contributed by atoms with E-state index in [9.17, 15) is 0 Å². The largest absolute Gasteiger partial charge is 0.263 e. The molecule has 0 radical (unpaired) electrons. The van der Waals surface area contributed by atoms with Gasteiger partial charge in [0.25, 0.3) is 0 Å². The number of hydrogen-bond donors (Lipinski definition) is 1. The minimum Gasteiger partial charge on any atom is -0.263 e. The van der Waals surface area contributed by atoms with Crippen LogP contribution < -0.4 is 0 Å². The number of nitrogens with zero attached hydrogens (tertiary/aromatic N) is 2. The molecule has 0 fully saturated rings. The summed E-state index contributed by atoms with van der Waals surface area (Å²) in [6.07, 6.45) is 2.12. The summed E-state index contributed by atoms with van der Waals surface area (Å²) in [5, 5.41) is 6.74. The van der Waals surface area contributed by atoms with Gasteiger partial charge in [-0.1, -0.05) is 6.92 Å². The fourth-order valence-corrected chi connectivity index (χ4v) is 0.739. The standard InChI is InChI=1S/C6H11N3/c1-3-4-6-7-5(2)8-9-6/h3-4H2,1-2H3,(H,7,8,9). The number of H-pyrrole nitrogens is 1. The average Bonchev–Trinajstić information content (AvgIpc) is 2.17. The zero-order chi connectivity index (χ0) is 6.69. The number of rotatable bonds is 2. The first-order chi connectivity index (χ1) is 4.33. The minimum absolute atomic E-state index is 0.832. The van der Waals surface area contributed by atoms with Crippen LogP contribution in [0.3, 0.4) is 0 Å². The van der Waals surface area contributed by atoms with Crippen LogP contribution in [0.1, 0.15) is 25.0 Å². The van der Waals surface area contributed by atoms with E-state index in [4.69, 9.17) is 0 Å². The first-order valence-corrected chi connectivity index (χ1v) is 3.21. The molecule has 0 aromatic carbocycles. The van der Waals surface area contributed by atoms with E-state index < -0.39 is 0 Å². The summed E-state index contributed by atoms with van der Waals surface area (Å²) in [6, 6.07) is 0. The highest BCUT2D eigenvalue weighted by Crippen LogP contribution is 1.93. The van der Waals surface area contributed by atoms with Crippen LogP contribution in [-0.2, 0) is 6.42 Å². The molecular weight excluding hydrogens is 114 g/mol. The van der Waals surface area contributed by atoms with Crippen LogP contribution in [0.15, 0.2) is 0 Å². The van der Waals surface area contributed by atoms with Crippen molar-refractivity contribution in [1.29, 1.82) is 0 Å². The zero-order valence-electron chi connectivity index (χ0n) is 5.81. The Morgan fingerprint density at radius 1 is 1.56 bits per heavy atom. The molecule has 0 amide bonds. The number of aryl methyl sites for hydroxylation is 2. The molecule has 0 saturated heterocycles. The van der Waals surface area contributed by atoms with Crippen LogP contribution in [0, 0.1) is 6.92 Å². The maximum atomic E-state index is 4.13. The van der Waals surface area contributed by atoms with Gasteiger partial charge in [-0.05, 0) is 13.3 Å². The Bertz CT molecular complexity index is 180. The van der Waals surface area contributed by atoms with Crippen molar-refractivity contribution in [3.8, 4) is 0 Å². The van der Waals surface area contributed by atoms with Gasteiger partial charge in [0.2, 0.25) is 0 Å². The van der Waals surface area contributed by atoms with Gasteiger partial charge in [0.05, 0.1) is 0 Å². The molecule has 0 aliphatic carbocycles. The van der Waals surface area contributed by atoms with Crippen LogP contribution in [0.5, 0.6) is 0 Å². The van der Waals surface area contributed by atoms with E-state index in [1.165, 1.54) is 0 Å². The van der Waals surface area contributed by atoms with Gasteiger partial charge >= 0.3 is 0 Å². The monoisotopic (exact) mass is 125 g/mol. The summed E-state index contributed by atoms with van der Waals surface area (Å²) in [5.74, 6) is 1.83. The molecule has 0 unspecified atom stereocenters. The van der Waals surface area contributed by atoms with Crippen molar-refractivity contribution in [1.82, 2.24) is 15.2 Å². The number of aromatic amines is 1. The third-order valence-corrected chi connectivity index (χ3v) is 1.13. The SMILES string of the molecule is CCCc1nc(C)n[nH]1. The van der Waals surface area contributed by atoms with E-state index in [0.717, 1.165) is 24.5 Å². The molecular formula is C6H11N3. The third kappa shape index (κ3) is 1.52. The lowest BCUT2D eigenvalue weighted by atomic mass is 10.3. The van der Waals surface area contributed by atoms with Gasteiger partial charge < -0.3 is 0 Å². The average molecular weight is 125 g/mol. The fraction of sp³-hybridized carbons (Fsp3) is 0.667. The highest BCUT2D eigenvalue weighted by atomic mass is 15.2. The molecule has 1 N–H and O–H groups in total. The molecule has 1 rings (SSSR count). The number of nitrogens with one attached hydrogen (secondary N) is 1. The second-order valence-electron chi connectivity index (χ2n) is 2.08. The minimum atomic E-state index is 0.832. The molecule has 0 bridgehead atoms. The second-order valence-corrected chi connectivity index (χ2v) is 2.08. The van der Waals surface area contributed by atoms with E-state index in [1.54, 1.807) is 0 Å². The quantitative estimate of drug-likeness (QED) is 0.642. The Labute approximate surface area is 54.5 Å². The van der Waals surface area contributed by atoms with Gasteiger partial charge in [0, 0.05) is 6.42 Å². The van der Waals surface area contributed by atoms with E-state index in [2.05, 4.69) is 22.1 Å². The Hall–Kier alpha value is -0.860. The van der Waals surface area contributed by atoms with Gasteiger partial charge in [-0.15, -0.1) is 0 Å². The van der Waals surface area contributed by atoms with Crippen molar-refractivity contribution in [3.63, 3.8) is 0 Å². The zero-order valence-corrected chi connectivity index (χ0v) is 5.81. The molecule has 3 nitrogen and oxygen atoms in total. The maximum absolute atomic E-state index is 4.13. The predicted octanol–water partition coefficient (Wildman–Crippen LogP) is 1.07. The summed E-state index contributed by atoms with van der Waals surface area (Å²) in [7, 11) is 0. The number of aromatic nitrogens is 3.